The Morgan fingerprint density at radius 2 is 1.49 bits per heavy atom. The third-order valence-electron chi connectivity index (χ3n) is 8.46. The summed E-state index contributed by atoms with van der Waals surface area (Å²) in [4.78, 5) is 12.4. The Balaban J connectivity index is 1.16. The number of ether oxygens (including phenoxy) is 1. The van der Waals surface area contributed by atoms with Gasteiger partial charge < -0.3 is 10.1 Å². The monoisotopic (exact) mass is 493 g/mol. The van der Waals surface area contributed by atoms with Gasteiger partial charge in [0.05, 0.1) is 0 Å². The van der Waals surface area contributed by atoms with E-state index in [4.69, 9.17) is 4.74 Å². The third-order valence-corrected chi connectivity index (χ3v) is 8.46. The van der Waals surface area contributed by atoms with Gasteiger partial charge in [-0.15, -0.1) is 0 Å². The summed E-state index contributed by atoms with van der Waals surface area (Å²) >= 11 is 0. The second-order valence-electron chi connectivity index (χ2n) is 12.0. The lowest BCUT2D eigenvalue weighted by atomic mass is 9.62. The van der Waals surface area contributed by atoms with Gasteiger partial charge in [0.25, 0.3) is 0 Å². The van der Waals surface area contributed by atoms with E-state index < -0.39 is 0 Å². The van der Waals surface area contributed by atoms with Gasteiger partial charge in [-0.2, -0.15) is 0 Å². The number of hydrogen-bond acceptors (Lipinski definition) is 2. The van der Waals surface area contributed by atoms with E-state index in [1.807, 2.05) is 0 Å². The molecule has 3 aromatic carbocycles. The number of aryl methyl sites for hydroxylation is 1. The molecule has 0 heterocycles. The van der Waals surface area contributed by atoms with Crippen LogP contribution < -0.4 is 5.32 Å². The summed E-state index contributed by atoms with van der Waals surface area (Å²) in [5.41, 5.74) is 10.9. The molecule has 1 amide bonds. The average Bonchev–Trinajstić information content (AvgIpc) is 3.20. The number of hydrogen-bond donors (Lipinski definition) is 1. The number of carbonyl (C=O) groups is 1. The van der Waals surface area contributed by atoms with Crippen LogP contribution in [0.25, 0.3) is 17.2 Å². The SMILES string of the molecule is Cc1cc2c(cc1C=CCCNC(=O)OCC1c3ccccc3-c3ccccc31)C(C)(C)CCC2(C)C. The van der Waals surface area contributed by atoms with Gasteiger partial charge in [0, 0.05) is 12.5 Å². The standard InChI is InChI=1S/C34H39NO2/c1-23-20-30-31(34(4,5)18-17-33(30,2)3)21-24(23)12-10-11-19-35-32(36)37-22-29-27-15-8-6-13-25(27)26-14-7-9-16-28(26)29/h6-10,12-16,20-21,29H,11,17-19,22H2,1-5H3,(H,35,36). The summed E-state index contributed by atoms with van der Waals surface area (Å²) in [7, 11) is 0. The number of amides is 1. The minimum Gasteiger partial charge on any atom is -0.449 e. The van der Waals surface area contributed by atoms with E-state index in [0.717, 1.165) is 6.42 Å². The van der Waals surface area contributed by atoms with Crippen molar-refractivity contribution in [3.8, 4) is 11.1 Å². The second-order valence-corrected chi connectivity index (χ2v) is 12.0. The van der Waals surface area contributed by atoms with Crippen LogP contribution in [0.5, 0.6) is 0 Å². The van der Waals surface area contributed by atoms with Gasteiger partial charge in [-0.3, -0.25) is 0 Å². The molecule has 2 aliphatic rings. The fourth-order valence-corrected chi connectivity index (χ4v) is 6.04. The first-order chi connectivity index (χ1) is 17.7. The number of benzene rings is 3. The maximum Gasteiger partial charge on any atom is 0.407 e. The van der Waals surface area contributed by atoms with Crippen molar-refractivity contribution < 1.29 is 9.53 Å². The molecule has 5 rings (SSSR count). The number of nitrogens with one attached hydrogen (secondary N) is 1. The van der Waals surface area contributed by atoms with Gasteiger partial charge in [0.1, 0.15) is 6.61 Å². The maximum absolute atomic E-state index is 12.4. The molecule has 0 unspecified atom stereocenters. The molecule has 0 bridgehead atoms. The lowest BCUT2D eigenvalue weighted by Gasteiger charge is -2.42. The van der Waals surface area contributed by atoms with Crippen LogP contribution in [0.2, 0.25) is 0 Å². The molecule has 0 spiro atoms. The van der Waals surface area contributed by atoms with Crippen LogP contribution in [0.15, 0.2) is 66.7 Å². The van der Waals surface area contributed by atoms with Crippen LogP contribution in [-0.2, 0) is 15.6 Å². The van der Waals surface area contributed by atoms with Gasteiger partial charge in [0.2, 0.25) is 0 Å². The van der Waals surface area contributed by atoms with E-state index in [2.05, 4.69) is 113 Å². The zero-order chi connectivity index (χ0) is 26.2. The van der Waals surface area contributed by atoms with Crippen LogP contribution in [-0.4, -0.2) is 19.2 Å². The molecule has 192 valence electrons. The van der Waals surface area contributed by atoms with E-state index in [1.165, 1.54) is 57.3 Å². The van der Waals surface area contributed by atoms with Crippen LogP contribution in [0.1, 0.15) is 86.3 Å². The first-order valence-corrected chi connectivity index (χ1v) is 13.6. The molecule has 3 aromatic rings. The predicted octanol–water partition coefficient (Wildman–Crippen LogP) is 8.29. The van der Waals surface area contributed by atoms with Gasteiger partial charge in [0.15, 0.2) is 0 Å². The lowest BCUT2D eigenvalue weighted by Crippen LogP contribution is -2.34. The number of rotatable bonds is 6. The molecule has 3 heteroatoms. The minimum atomic E-state index is -0.357. The number of carbonyl (C=O) groups excluding carboxylic acids is 1. The molecule has 0 fully saturated rings. The molecular weight excluding hydrogens is 454 g/mol. The summed E-state index contributed by atoms with van der Waals surface area (Å²) < 4.78 is 5.65. The zero-order valence-electron chi connectivity index (χ0n) is 22.9. The number of fused-ring (bicyclic) bond motifs is 4. The zero-order valence-corrected chi connectivity index (χ0v) is 22.9. The van der Waals surface area contributed by atoms with Crippen LogP contribution in [0, 0.1) is 6.92 Å². The van der Waals surface area contributed by atoms with Gasteiger partial charge in [-0.05, 0) is 81.5 Å². The van der Waals surface area contributed by atoms with E-state index in [0.29, 0.717) is 13.2 Å². The Labute approximate surface area is 222 Å². The van der Waals surface area contributed by atoms with Crippen molar-refractivity contribution in [3.63, 3.8) is 0 Å². The Morgan fingerprint density at radius 1 is 0.919 bits per heavy atom. The van der Waals surface area contributed by atoms with E-state index in [-0.39, 0.29) is 22.8 Å². The molecular formula is C34H39NO2. The summed E-state index contributed by atoms with van der Waals surface area (Å²) in [6, 6.07) is 21.6. The first-order valence-electron chi connectivity index (χ1n) is 13.6. The van der Waals surface area contributed by atoms with Crippen LogP contribution in [0.3, 0.4) is 0 Å². The number of alkyl carbamates (subject to hydrolysis) is 1. The van der Waals surface area contributed by atoms with Crippen LogP contribution in [0.4, 0.5) is 4.79 Å². The Kier molecular flexibility index (Phi) is 6.74. The van der Waals surface area contributed by atoms with Crippen molar-refractivity contribution in [3.05, 3.63) is 100 Å². The van der Waals surface area contributed by atoms with E-state index >= 15 is 0 Å². The van der Waals surface area contributed by atoms with Gasteiger partial charge in [-0.1, -0.05) is 101 Å². The van der Waals surface area contributed by atoms with Gasteiger partial charge in [-0.25, -0.2) is 4.79 Å². The Morgan fingerprint density at radius 3 is 2.11 bits per heavy atom. The first kappa shape index (κ1) is 25.3. The fraction of sp³-hybridized carbons (Fsp3) is 0.382. The molecule has 0 aromatic heterocycles. The van der Waals surface area contributed by atoms with Crippen LogP contribution >= 0.6 is 0 Å². The second kappa shape index (κ2) is 9.85. The largest absolute Gasteiger partial charge is 0.449 e. The third kappa shape index (κ3) is 4.97. The molecule has 3 nitrogen and oxygen atoms in total. The summed E-state index contributed by atoms with van der Waals surface area (Å²) in [5, 5.41) is 2.92. The molecule has 0 radical (unpaired) electrons. The van der Waals surface area contributed by atoms with Crippen molar-refractivity contribution in [2.75, 3.05) is 13.2 Å². The smallest absolute Gasteiger partial charge is 0.407 e. The highest BCUT2D eigenvalue weighted by molar-refractivity contribution is 5.79. The van der Waals surface area contributed by atoms with Crippen molar-refractivity contribution in [1.29, 1.82) is 0 Å². The minimum absolute atomic E-state index is 0.0826. The Bertz CT molecular complexity index is 1300. The summed E-state index contributed by atoms with van der Waals surface area (Å²) in [5.74, 6) is 0.0826. The van der Waals surface area contributed by atoms with Crippen molar-refractivity contribution in [2.24, 2.45) is 0 Å². The highest BCUT2D eigenvalue weighted by Gasteiger charge is 2.37. The van der Waals surface area contributed by atoms with Crippen molar-refractivity contribution >= 4 is 12.2 Å². The van der Waals surface area contributed by atoms with E-state index in [1.54, 1.807) is 0 Å². The maximum atomic E-state index is 12.4. The Hall–Kier alpha value is -3.33. The quantitative estimate of drug-likeness (QED) is 0.351. The van der Waals surface area contributed by atoms with Crippen molar-refractivity contribution in [2.45, 2.75) is 70.6 Å². The van der Waals surface area contributed by atoms with Gasteiger partial charge >= 0.3 is 6.09 Å². The molecule has 37 heavy (non-hydrogen) atoms. The highest BCUT2D eigenvalue weighted by atomic mass is 16.5. The normalized spacial score (nSPS) is 17.2. The molecule has 0 aliphatic heterocycles. The lowest BCUT2D eigenvalue weighted by molar-refractivity contribution is 0.143. The fourth-order valence-electron chi connectivity index (χ4n) is 6.04. The molecule has 0 saturated carbocycles. The molecule has 0 atom stereocenters. The predicted molar refractivity (Wildman–Crippen MR) is 153 cm³/mol. The summed E-state index contributed by atoms with van der Waals surface area (Å²) in [6.45, 7) is 12.6. The molecule has 2 aliphatic carbocycles. The molecule has 0 saturated heterocycles. The topological polar surface area (TPSA) is 38.3 Å². The highest BCUT2D eigenvalue weighted by Crippen LogP contribution is 2.47. The molecule has 1 N–H and O–H groups in total. The van der Waals surface area contributed by atoms with Crippen molar-refractivity contribution in [1.82, 2.24) is 5.32 Å². The summed E-state index contributed by atoms with van der Waals surface area (Å²) in [6.07, 6.45) is 7.19. The average molecular weight is 494 g/mol. The van der Waals surface area contributed by atoms with E-state index in [9.17, 15) is 4.79 Å².